The molecule has 0 saturated carbocycles. The van der Waals surface area contributed by atoms with E-state index in [-0.39, 0.29) is 11.3 Å². The Hall–Kier alpha value is -1.51. The number of carbonyl (C=O) groups excluding carboxylic acids is 1. The van der Waals surface area contributed by atoms with Crippen LogP contribution in [-0.4, -0.2) is 11.0 Å². The smallest absolute Gasteiger partial charge is 0.217 e. The molecule has 0 aliphatic rings. The molecule has 0 unspecified atom stereocenters. The first-order valence-electron chi connectivity index (χ1n) is 5.83. The van der Waals surface area contributed by atoms with Gasteiger partial charge in [-0.25, -0.2) is 0 Å². The van der Waals surface area contributed by atoms with Crippen LogP contribution in [-0.2, 0) is 16.6 Å². The van der Waals surface area contributed by atoms with Gasteiger partial charge in [0.25, 0.3) is 0 Å². The highest BCUT2D eigenvalue weighted by Crippen LogP contribution is 2.34. The van der Waals surface area contributed by atoms with Gasteiger partial charge >= 0.3 is 0 Å². The van der Waals surface area contributed by atoms with E-state index in [1.165, 1.54) is 0 Å². The minimum atomic E-state index is -0.298. The van der Waals surface area contributed by atoms with E-state index in [1.54, 1.807) is 0 Å². The summed E-state index contributed by atoms with van der Waals surface area (Å²) in [4.78, 5) is 10.8. The van der Waals surface area contributed by atoms with Gasteiger partial charge in [0.1, 0.15) is 5.75 Å². The van der Waals surface area contributed by atoms with Gasteiger partial charge in [0.05, 0.1) is 0 Å². The van der Waals surface area contributed by atoms with Crippen molar-refractivity contribution in [2.45, 2.75) is 46.0 Å². The van der Waals surface area contributed by atoms with E-state index in [4.69, 9.17) is 5.73 Å². The molecule has 94 valence electrons. The summed E-state index contributed by atoms with van der Waals surface area (Å²) >= 11 is 0. The van der Waals surface area contributed by atoms with Crippen molar-refractivity contribution in [2.24, 2.45) is 5.73 Å². The summed E-state index contributed by atoms with van der Waals surface area (Å²) in [5, 5.41) is 10.0. The molecule has 3 nitrogen and oxygen atoms in total. The number of carbonyl (C=O) groups is 1. The predicted octanol–water partition coefficient (Wildman–Crippen LogP) is 2.42. The highest BCUT2D eigenvalue weighted by molar-refractivity contribution is 5.74. The standard InChI is InChI=1S/C14H21NO2/c1-9-7-10(5-6-12(15)16)8-11(13(9)17)14(2,3)4/h7-8,17H,5-6H2,1-4H3,(H2,15,16). The molecule has 0 radical (unpaired) electrons. The van der Waals surface area contributed by atoms with Crippen molar-refractivity contribution >= 4 is 5.91 Å². The van der Waals surface area contributed by atoms with E-state index in [2.05, 4.69) is 20.8 Å². The number of aryl methyl sites for hydroxylation is 2. The monoisotopic (exact) mass is 235 g/mol. The maximum atomic E-state index is 10.8. The van der Waals surface area contributed by atoms with Crippen LogP contribution >= 0.6 is 0 Å². The Morgan fingerprint density at radius 1 is 1.35 bits per heavy atom. The number of amides is 1. The van der Waals surface area contributed by atoms with Crippen molar-refractivity contribution in [1.82, 2.24) is 0 Å². The first-order chi connectivity index (χ1) is 7.71. The molecule has 0 aromatic heterocycles. The number of aromatic hydroxyl groups is 1. The summed E-state index contributed by atoms with van der Waals surface area (Å²) in [6, 6.07) is 3.87. The molecule has 3 heteroatoms. The lowest BCUT2D eigenvalue weighted by atomic mass is 9.83. The van der Waals surface area contributed by atoms with Gasteiger partial charge in [-0.3, -0.25) is 4.79 Å². The van der Waals surface area contributed by atoms with Crippen LogP contribution in [0.25, 0.3) is 0 Å². The van der Waals surface area contributed by atoms with E-state index in [0.29, 0.717) is 18.6 Å². The van der Waals surface area contributed by atoms with Crippen molar-refractivity contribution < 1.29 is 9.90 Å². The molecule has 17 heavy (non-hydrogen) atoms. The largest absolute Gasteiger partial charge is 0.507 e. The summed E-state index contributed by atoms with van der Waals surface area (Å²) in [6.45, 7) is 8.04. The lowest BCUT2D eigenvalue weighted by molar-refractivity contribution is -0.117. The fourth-order valence-electron chi connectivity index (χ4n) is 1.84. The molecule has 1 rings (SSSR count). The van der Waals surface area contributed by atoms with Crippen LogP contribution in [0.2, 0.25) is 0 Å². The molecule has 0 heterocycles. The van der Waals surface area contributed by atoms with Gasteiger partial charge in [0, 0.05) is 6.42 Å². The van der Waals surface area contributed by atoms with Crippen LogP contribution in [0.4, 0.5) is 0 Å². The molecular weight excluding hydrogens is 214 g/mol. The van der Waals surface area contributed by atoms with E-state index in [9.17, 15) is 9.90 Å². The van der Waals surface area contributed by atoms with Gasteiger partial charge in [-0.1, -0.05) is 32.9 Å². The molecule has 3 N–H and O–H groups in total. The second-order valence-electron chi connectivity index (χ2n) is 5.53. The Labute approximate surface area is 103 Å². The van der Waals surface area contributed by atoms with Crippen molar-refractivity contribution in [2.75, 3.05) is 0 Å². The zero-order valence-corrected chi connectivity index (χ0v) is 11.0. The maximum Gasteiger partial charge on any atom is 0.217 e. The third-order valence-corrected chi connectivity index (χ3v) is 2.83. The topological polar surface area (TPSA) is 63.3 Å². The van der Waals surface area contributed by atoms with Gasteiger partial charge < -0.3 is 10.8 Å². The third kappa shape index (κ3) is 3.48. The number of hydrogen-bond donors (Lipinski definition) is 2. The van der Waals surface area contributed by atoms with E-state index < -0.39 is 0 Å². The fraction of sp³-hybridized carbons (Fsp3) is 0.500. The third-order valence-electron chi connectivity index (χ3n) is 2.83. The normalized spacial score (nSPS) is 11.5. The molecular formula is C14H21NO2. The molecule has 0 bridgehead atoms. The van der Waals surface area contributed by atoms with Gasteiger partial charge in [0.2, 0.25) is 5.91 Å². The Morgan fingerprint density at radius 2 is 1.94 bits per heavy atom. The van der Waals surface area contributed by atoms with Crippen molar-refractivity contribution in [3.63, 3.8) is 0 Å². The summed E-state index contributed by atoms with van der Waals surface area (Å²) in [7, 11) is 0. The van der Waals surface area contributed by atoms with Crippen molar-refractivity contribution in [1.29, 1.82) is 0 Å². The second-order valence-corrected chi connectivity index (χ2v) is 5.53. The minimum absolute atomic E-state index is 0.114. The molecule has 0 fully saturated rings. The first-order valence-corrected chi connectivity index (χ1v) is 5.83. The zero-order valence-electron chi connectivity index (χ0n) is 11.0. The molecule has 0 aliphatic heterocycles. The summed E-state index contributed by atoms with van der Waals surface area (Å²) in [5.41, 5.74) is 7.83. The molecule has 0 spiro atoms. The number of primary amides is 1. The highest BCUT2D eigenvalue weighted by Gasteiger charge is 2.20. The van der Waals surface area contributed by atoms with Crippen molar-refractivity contribution in [3.8, 4) is 5.75 Å². The average Bonchev–Trinajstić information content (AvgIpc) is 2.17. The zero-order chi connectivity index (χ0) is 13.2. The lowest BCUT2D eigenvalue weighted by Crippen LogP contribution is -2.14. The van der Waals surface area contributed by atoms with Gasteiger partial charge in [-0.2, -0.15) is 0 Å². The first kappa shape index (κ1) is 13.6. The number of rotatable bonds is 3. The molecule has 1 aromatic rings. The lowest BCUT2D eigenvalue weighted by Gasteiger charge is -2.22. The Balaban J connectivity index is 3.11. The quantitative estimate of drug-likeness (QED) is 0.845. The molecule has 0 aliphatic carbocycles. The molecule has 1 aromatic carbocycles. The molecule has 1 amide bonds. The summed E-state index contributed by atoms with van der Waals surface area (Å²) in [5.74, 6) is 0.0494. The fourth-order valence-corrected chi connectivity index (χ4v) is 1.84. The number of benzene rings is 1. The maximum absolute atomic E-state index is 10.8. The summed E-state index contributed by atoms with van der Waals surface area (Å²) < 4.78 is 0. The number of phenols is 1. The Bertz CT molecular complexity index is 431. The second kappa shape index (κ2) is 4.78. The Kier molecular flexibility index (Phi) is 3.81. The number of hydrogen-bond acceptors (Lipinski definition) is 2. The SMILES string of the molecule is Cc1cc(CCC(N)=O)cc(C(C)(C)C)c1O. The predicted molar refractivity (Wildman–Crippen MR) is 69.1 cm³/mol. The van der Waals surface area contributed by atoms with E-state index in [0.717, 1.165) is 16.7 Å². The van der Waals surface area contributed by atoms with Crippen LogP contribution in [0, 0.1) is 6.92 Å². The highest BCUT2D eigenvalue weighted by atomic mass is 16.3. The van der Waals surface area contributed by atoms with E-state index in [1.807, 2.05) is 19.1 Å². The van der Waals surface area contributed by atoms with Crippen molar-refractivity contribution in [3.05, 3.63) is 28.8 Å². The van der Waals surface area contributed by atoms with Crippen LogP contribution in [0.15, 0.2) is 12.1 Å². The Morgan fingerprint density at radius 3 is 2.41 bits per heavy atom. The minimum Gasteiger partial charge on any atom is -0.507 e. The number of phenolic OH excluding ortho intramolecular Hbond substituents is 1. The van der Waals surface area contributed by atoms with Crippen LogP contribution in [0.5, 0.6) is 5.75 Å². The van der Waals surface area contributed by atoms with Crippen LogP contribution in [0.1, 0.15) is 43.9 Å². The van der Waals surface area contributed by atoms with E-state index >= 15 is 0 Å². The van der Waals surface area contributed by atoms with Crippen LogP contribution < -0.4 is 5.73 Å². The average molecular weight is 235 g/mol. The molecule has 0 atom stereocenters. The number of nitrogens with two attached hydrogens (primary N) is 1. The van der Waals surface area contributed by atoms with Gasteiger partial charge in [-0.05, 0) is 35.4 Å². The van der Waals surface area contributed by atoms with Crippen LogP contribution in [0.3, 0.4) is 0 Å². The van der Waals surface area contributed by atoms with Gasteiger partial charge in [-0.15, -0.1) is 0 Å². The van der Waals surface area contributed by atoms with Gasteiger partial charge in [0.15, 0.2) is 0 Å². The molecule has 0 saturated heterocycles. The summed E-state index contributed by atoms with van der Waals surface area (Å²) in [6.07, 6.45) is 0.966.